The number of rotatable bonds is 13. The number of carbonyl (C=O) groups excluding carboxylic acids is 1. The monoisotopic (exact) mass is 562 g/mol. The number of likely N-dealkylation sites (N-methyl/N-ethyl adjacent to an activating group) is 2. The molecule has 0 unspecified atom stereocenters. The summed E-state index contributed by atoms with van der Waals surface area (Å²) in [5.74, 6) is -0.912. The number of amides is 1. The molecule has 7 heteroatoms. The van der Waals surface area contributed by atoms with Crippen molar-refractivity contribution in [2.24, 2.45) is 0 Å². The Labute approximate surface area is 246 Å². The van der Waals surface area contributed by atoms with Crippen LogP contribution >= 0.6 is 0 Å². The molecule has 5 rings (SSSR count). The van der Waals surface area contributed by atoms with Crippen molar-refractivity contribution < 1.29 is 14.7 Å². The fourth-order valence-corrected chi connectivity index (χ4v) is 5.69. The normalized spacial score (nSPS) is 12.9. The van der Waals surface area contributed by atoms with E-state index in [4.69, 9.17) is 0 Å². The molecule has 0 aliphatic carbocycles. The molecule has 3 N–H and O–H groups in total. The van der Waals surface area contributed by atoms with Crippen LogP contribution < -0.4 is 5.43 Å². The molecule has 0 saturated carbocycles. The Morgan fingerprint density at radius 1 is 0.857 bits per heavy atom. The molecule has 2 atom stereocenters. The van der Waals surface area contributed by atoms with Gasteiger partial charge in [0, 0.05) is 43.3 Å². The number of fused-ring (bicyclic) bond motifs is 2. The van der Waals surface area contributed by atoms with Gasteiger partial charge in [0.05, 0.1) is 6.42 Å². The molecular weight excluding hydrogens is 524 g/mol. The summed E-state index contributed by atoms with van der Waals surface area (Å²) in [4.78, 5) is 31.1. The second-order valence-electron chi connectivity index (χ2n) is 10.9. The van der Waals surface area contributed by atoms with Crippen molar-refractivity contribution in [3.05, 3.63) is 120 Å². The molecule has 0 spiro atoms. The zero-order chi connectivity index (χ0) is 29.5. The number of H-pyrrole nitrogens is 1. The van der Waals surface area contributed by atoms with Gasteiger partial charge in [-0.05, 0) is 46.4 Å². The van der Waals surface area contributed by atoms with Crippen LogP contribution in [0.2, 0.25) is 0 Å². The van der Waals surface area contributed by atoms with Gasteiger partial charge in [-0.3, -0.25) is 15.0 Å². The van der Waals surface area contributed by atoms with Crippen molar-refractivity contribution in [3.63, 3.8) is 0 Å². The van der Waals surface area contributed by atoms with Gasteiger partial charge in [-0.25, -0.2) is 5.01 Å². The zero-order valence-electron chi connectivity index (χ0n) is 24.2. The average Bonchev–Trinajstić information content (AvgIpc) is 3.41. The van der Waals surface area contributed by atoms with Crippen LogP contribution in [0.15, 0.2) is 103 Å². The second kappa shape index (κ2) is 13.5. The van der Waals surface area contributed by atoms with E-state index in [1.165, 1.54) is 0 Å². The summed E-state index contributed by atoms with van der Waals surface area (Å²) in [5, 5.41) is 15.1. The van der Waals surface area contributed by atoms with Gasteiger partial charge in [-0.1, -0.05) is 97.9 Å². The first-order valence-electron chi connectivity index (χ1n) is 14.5. The first-order chi connectivity index (χ1) is 20.4. The molecule has 1 amide bonds. The van der Waals surface area contributed by atoms with Gasteiger partial charge in [-0.15, -0.1) is 0 Å². The lowest BCUT2D eigenvalue weighted by molar-refractivity contribution is -0.139. The van der Waals surface area contributed by atoms with Crippen LogP contribution in [-0.2, 0) is 29.0 Å². The maximum Gasteiger partial charge on any atom is 0.304 e. The number of nitrogens with one attached hydrogen (secondary N) is 2. The van der Waals surface area contributed by atoms with Crippen LogP contribution in [0.25, 0.3) is 21.7 Å². The number of nitrogens with zero attached hydrogens (tertiary/aromatic N) is 2. The molecule has 0 radical (unpaired) electrons. The van der Waals surface area contributed by atoms with Gasteiger partial charge in [0.1, 0.15) is 6.04 Å². The quantitative estimate of drug-likeness (QED) is 0.158. The summed E-state index contributed by atoms with van der Waals surface area (Å²) >= 11 is 0. The molecule has 1 heterocycles. The van der Waals surface area contributed by atoms with E-state index in [-0.39, 0.29) is 12.3 Å². The van der Waals surface area contributed by atoms with E-state index in [0.717, 1.165) is 38.4 Å². The average molecular weight is 563 g/mol. The molecule has 42 heavy (non-hydrogen) atoms. The number of carboxylic acid groups (broad SMARTS) is 1. The highest BCUT2D eigenvalue weighted by atomic mass is 16.4. The summed E-state index contributed by atoms with van der Waals surface area (Å²) in [6.45, 7) is 3.00. The Kier molecular flexibility index (Phi) is 9.31. The van der Waals surface area contributed by atoms with Crippen LogP contribution in [0, 0.1) is 0 Å². The highest BCUT2D eigenvalue weighted by Crippen LogP contribution is 2.22. The lowest BCUT2D eigenvalue weighted by Gasteiger charge is -2.36. The van der Waals surface area contributed by atoms with Gasteiger partial charge in [0.15, 0.2) is 0 Å². The molecule has 0 aliphatic heterocycles. The summed E-state index contributed by atoms with van der Waals surface area (Å²) in [5.41, 5.74) is 7.64. The van der Waals surface area contributed by atoms with E-state index in [1.807, 2.05) is 91.9 Å². The third kappa shape index (κ3) is 7.05. The zero-order valence-corrected chi connectivity index (χ0v) is 24.2. The van der Waals surface area contributed by atoms with Gasteiger partial charge in [0.2, 0.25) is 5.91 Å². The summed E-state index contributed by atoms with van der Waals surface area (Å²) in [7, 11) is 1.83. The summed E-state index contributed by atoms with van der Waals surface area (Å²) in [6.07, 6.45) is 2.86. The molecular formula is C35H38N4O3. The second-order valence-corrected chi connectivity index (χ2v) is 10.9. The van der Waals surface area contributed by atoms with Crippen LogP contribution in [0.5, 0.6) is 0 Å². The number of para-hydroxylation sites is 1. The molecule has 0 fully saturated rings. The van der Waals surface area contributed by atoms with Gasteiger partial charge < -0.3 is 15.0 Å². The predicted molar refractivity (Wildman–Crippen MR) is 168 cm³/mol. The third-order valence-electron chi connectivity index (χ3n) is 7.79. The molecule has 7 nitrogen and oxygen atoms in total. The summed E-state index contributed by atoms with van der Waals surface area (Å²) in [6, 6.07) is 31.5. The number of hydrogen-bond donors (Lipinski definition) is 3. The topological polar surface area (TPSA) is 88.7 Å². The van der Waals surface area contributed by atoms with Crippen molar-refractivity contribution in [2.45, 2.75) is 44.8 Å². The van der Waals surface area contributed by atoms with Gasteiger partial charge in [-0.2, -0.15) is 0 Å². The van der Waals surface area contributed by atoms with Crippen molar-refractivity contribution in [1.82, 2.24) is 20.3 Å². The Morgan fingerprint density at radius 2 is 1.57 bits per heavy atom. The Morgan fingerprint density at radius 3 is 2.33 bits per heavy atom. The first kappa shape index (κ1) is 29.0. The predicted octanol–water partition coefficient (Wildman–Crippen LogP) is 5.80. The Balaban J connectivity index is 1.43. The number of hydrogen-bond acceptors (Lipinski definition) is 4. The number of carboxylic acids is 1. The highest BCUT2D eigenvalue weighted by Gasteiger charge is 2.30. The first-order valence-corrected chi connectivity index (χ1v) is 14.5. The molecule has 216 valence electrons. The maximum atomic E-state index is 14.1. The lowest BCUT2D eigenvalue weighted by Crippen LogP contribution is -2.57. The lowest BCUT2D eigenvalue weighted by atomic mass is 10.00. The third-order valence-corrected chi connectivity index (χ3v) is 7.79. The van der Waals surface area contributed by atoms with Crippen LogP contribution in [0.3, 0.4) is 0 Å². The minimum Gasteiger partial charge on any atom is -0.481 e. The maximum absolute atomic E-state index is 14.1. The standard InChI is InChI=1S/C35H38N4O3/c1-3-39(37-30(22-34(40)41)21-29-23-36-32-16-10-9-15-31(29)32)33(35(42)38(2)24-25-11-5-4-6-12-25)20-26-17-18-27-13-7-8-14-28(27)19-26/h4-19,23,30,33,36-37H,3,20-22,24H2,1-2H3,(H,40,41)/t30-,33-/m0/s1. The van der Waals surface area contributed by atoms with E-state index in [9.17, 15) is 14.7 Å². The molecule has 0 bridgehead atoms. The number of benzene rings is 4. The Hall–Kier alpha value is -4.46. The minimum atomic E-state index is -0.887. The molecule has 5 aromatic rings. The molecule has 1 aromatic heterocycles. The number of carbonyl (C=O) groups is 2. The molecule has 4 aromatic carbocycles. The Bertz CT molecular complexity index is 1650. The van der Waals surface area contributed by atoms with Crippen LogP contribution in [0.4, 0.5) is 0 Å². The highest BCUT2D eigenvalue weighted by molar-refractivity contribution is 5.85. The van der Waals surface area contributed by atoms with Crippen molar-refractivity contribution >= 4 is 33.6 Å². The largest absolute Gasteiger partial charge is 0.481 e. The fourth-order valence-electron chi connectivity index (χ4n) is 5.69. The SMILES string of the molecule is CCN(N[C@H](CC(=O)O)Cc1c[nH]c2ccccc12)[C@@H](Cc1ccc2ccccc2c1)C(=O)N(C)Cc1ccccc1. The van der Waals surface area contributed by atoms with Crippen molar-refractivity contribution in [2.75, 3.05) is 13.6 Å². The van der Waals surface area contributed by atoms with E-state index in [2.05, 4.69) is 40.7 Å². The number of aromatic amines is 1. The van der Waals surface area contributed by atoms with E-state index in [0.29, 0.717) is 25.9 Å². The van der Waals surface area contributed by atoms with E-state index in [1.54, 1.807) is 4.90 Å². The number of hydrazine groups is 1. The van der Waals surface area contributed by atoms with Gasteiger partial charge >= 0.3 is 5.97 Å². The summed E-state index contributed by atoms with van der Waals surface area (Å²) < 4.78 is 0. The van der Waals surface area contributed by atoms with Crippen molar-refractivity contribution in [3.8, 4) is 0 Å². The van der Waals surface area contributed by atoms with E-state index >= 15 is 0 Å². The van der Waals surface area contributed by atoms with Crippen LogP contribution in [0.1, 0.15) is 30.0 Å². The molecule has 0 saturated heterocycles. The fraction of sp³-hybridized carbons (Fsp3) is 0.257. The number of aromatic nitrogens is 1. The van der Waals surface area contributed by atoms with Gasteiger partial charge in [0.25, 0.3) is 0 Å². The van der Waals surface area contributed by atoms with Crippen molar-refractivity contribution in [1.29, 1.82) is 0 Å². The molecule has 0 aliphatic rings. The number of aliphatic carboxylic acids is 1. The van der Waals surface area contributed by atoms with E-state index < -0.39 is 18.1 Å². The smallest absolute Gasteiger partial charge is 0.304 e. The minimum absolute atomic E-state index is 0.0254. The van der Waals surface area contributed by atoms with Crippen LogP contribution in [-0.4, -0.2) is 57.6 Å².